The topological polar surface area (TPSA) is 55.8 Å². The standard InChI is InChI=1S/C37H45NO4S/c1-4-6-7-8-9-10-11-12-13-24-41-31-19-14-28(15-20-31)29-16-21-32(22-17-29)42-37(40)30-18-23-33-34(25-30)35(39)38(36(33)43)26-27(3)5-2/h14-23,25,27H,4-13,24,26H2,1-3H3/t27-/m0/s1. The molecule has 0 spiro atoms. The average Bonchev–Trinajstić information content (AvgIpc) is 3.26. The van der Waals surface area contributed by atoms with E-state index in [0.29, 0.717) is 39.9 Å². The summed E-state index contributed by atoms with van der Waals surface area (Å²) in [5.74, 6) is 0.993. The van der Waals surface area contributed by atoms with Gasteiger partial charge in [0.2, 0.25) is 0 Å². The molecule has 0 fully saturated rings. The van der Waals surface area contributed by atoms with Crippen LogP contribution in [0.1, 0.15) is 111 Å². The van der Waals surface area contributed by atoms with E-state index in [-0.39, 0.29) is 5.91 Å². The van der Waals surface area contributed by atoms with Crippen LogP contribution in [-0.2, 0) is 0 Å². The minimum atomic E-state index is -0.511. The third-order valence-corrected chi connectivity index (χ3v) is 8.61. The predicted octanol–water partition coefficient (Wildman–Crippen LogP) is 9.66. The molecule has 1 atom stereocenters. The number of hydrogen-bond donors (Lipinski definition) is 0. The Kier molecular flexibility index (Phi) is 12.3. The molecule has 3 aromatic rings. The first kappa shape index (κ1) is 32.4. The zero-order chi connectivity index (χ0) is 30.6. The summed E-state index contributed by atoms with van der Waals surface area (Å²) in [6.07, 6.45) is 12.7. The first-order valence-corrected chi connectivity index (χ1v) is 16.4. The highest BCUT2D eigenvalue weighted by atomic mass is 32.1. The summed E-state index contributed by atoms with van der Waals surface area (Å²) in [5, 5.41) is 0. The molecule has 0 aliphatic carbocycles. The highest BCUT2D eigenvalue weighted by Crippen LogP contribution is 2.28. The Hall–Kier alpha value is -3.51. The monoisotopic (exact) mass is 599 g/mol. The van der Waals surface area contributed by atoms with E-state index in [9.17, 15) is 9.59 Å². The van der Waals surface area contributed by atoms with Gasteiger partial charge in [-0.25, -0.2) is 4.79 Å². The van der Waals surface area contributed by atoms with Gasteiger partial charge in [0.1, 0.15) is 16.5 Å². The van der Waals surface area contributed by atoms with E-state index in [1.54, 1.807) is 35.2 Å². The number of ether oxygens (including phenoxy) is 2. The Labute approximate surface area is 262 Å². The number of benzene rings is 3. The van der Waals surface area contributed by atoms with Crippen molar-refractivity contribution in [2.24, 2.45) is 5.92 Å². The summed E-state index contributed by atoms with van der Waals surface area (Å²) in [6.45, 7) is 7.76. The largest absolute Gasteiger partial charge is 0.494 e. The second-order valence-electron chi connectivity index (χ2n) is 11.6. The third kappa shape index (κ3) is 8.99. The molecule has 0 saturated carbocycles. The van der Waals surface area contributed by atoms with E-state index in [2.05, 4.69) is 20.8 Å². The van der Waals surface area contributed by atoms with Crippen LogP contribution in [0.3, 0.4) is 0 Å². The fourth-order valence-electron chi connectivity index (χ4n) is 5.25. The Morgan fingerprint density at radius 2 is 1.35 bits per heavy atom. The summed E-state index contributed by atoms with van der Waals surface area (Å²) < 4.78 is 11.6. The lowest BCUT2D eigenvalue weighted by Crippen LogP contribution is -2.33. The normalized spacial score (nSPS) is 13.2. The number of carbonyl (C=O) groups is 2. The fourth-order valence-corrected chi connectivity index (χ4v) is 5.59. The number of hydrogen-bond acceptors (Lipinski definition) is 5. The molecule has 0 saturated heterocycles. The Morgan fingerprint density at radius 1 is 0.767 bits per heavy atom. The number of fused-ring (bicyclic) bond motifs is 1. The van der Waals surface area contributed by atoms with Gasteiger partial charge in [-0.05, 0) is 59.9 Å². The lowest BCUT2D eigenvalue weighted by molar-refractivity contribution is 0.0734. The highest BCUT2D eigenvalue weighted by Gasteiger charge is 2.33. The highest BCUT2D eigenvalue weighted by molar-refractivity contribution is 7.80. The minimum absolute atomic E-state index is 0.154. The molecule has 0 radical (unpaired) electrons. The van der Waals surface area contributed by atoms with E-state index in [1.165, 1.54) is 51.4 Å². The molecule has 0 N–H and O–H groups in total. The lowest BCUT2D eigenvalue weighted by Gasteiger charge is -2.19. The van der Waals surface area contributed by atoms with Crippen molar-refractivity contribution in [3.8, 4) is 22.6 Å². The van der Waals surface area contributed by atoms with Crippen molar-refractivity contribution in [3.63, 3.8) is 0 Å². The summed E-state index contributed by atoms with van der Waals surface area (Å²) in [7, 11) is 0. The van der Waals surface area contributed by atoms with Gasteiger partial charge in [-0.3, -0.25) is 9.69 Å². The predicted molar refractivity (Wildman–Crippen MR) is 178 cm³/mol. The number of carbonyl (C=O) groups excluding carboxylic acids is 2. The van der Waals surface area contributed by atoms with Gasteiger partial charge in [0.05, 0.1) is 17.7 Å². The second-order valence-corrected chi connectivity index (χ2v) is 12.0. The maximum absolute atomic E-state index is 13.0. The van der Waals surface area contributed by atoms with Crippen LogP contribution in [0.2, 0.25) is 0 Å². The van der Waals surface area contributed by atoms with Gasteiger partial charge < -0.3 is 9.47 Å². The van der Waals surface area contributed by atoms with E-state index in [0.717, 1.165) is 36.3 Å². The number of amides is 1. The molecule has 43 heavy (non-hydrogen) atoms. The number of esters is 1. The molecular formula is C37H45NO4S. The van der Waals surface area contributed by atoms with Crippen molar-refractivity contribution in [1.29, 1.82) is 0 Å². The number of thiocarbonyl (C=S) groups is 1. The van der Waals surface area contributed by atoms with Crippen LogP contribution in [0.25, 0.3) is 11.1 Å². The molecule has 1 amide bonds. The van der Waals surface area contributed by atoms with Crippen molar-refractivity contribution in [2.75, 3.05) is 13.2 Å². The van der Waals surface area contributed by atoms with Crippen LogP contribution in [0, 0.1) is 5.92 Å². The van der Waals surface area contributed by atoms with Crippen LogP contribution in [-0.4, -0.2) is 34.9 Å². The molecule has 1 aliphatic rings. The van der Waals surface area contributed by atoms with Gasteiger partial charge in [-0.15, -0.1) is 0 Å². The van der Waals surface area contributed by atoms with Crippen LogP contribution >= 0.6 is 12.2 Å². The molecule has 228 valence electrons. The maximum Gasteiger partial charge on any atom is 0.343 e. The zero-order valence-electron chi connectivity index (χ0n) is 25.9. The van der Waals surface area contributed by atoms with E-state index in [1.807, 2.05) is 36.4 Å². The quantitative estimate of drug-likeness (QED) is 0.0669. The van der Waals surface area contributed by atoms with Gasteiger partial charge in [-0.2, -0.15) is 0 Å². The number of nitrogens with zero attached hydrogens (tertiary/aromatic N) is 1. The second kappa shape index (κ2) is 16.4. The van der Waals surface area contributed by atoms with Crippen LogP contribution < -0.4 is 9.47 Å². The van der Waals surface area contributed by atoms with Crippen molar-refractivity contribution >= 4 is 29.1 Å². The van der Waals surface area contributed by atoms with Crippen LogP contribution in [0.4, 0.5) is 0 Å². The summed E-state index contributed by atoms with van der Waals surface area (Å²) in [5.41, 5.74) is 3.55. The van der Waals surface area contributed by atoms with Crippen molar-refractivity contribution in [1.82, 2.24) is 4.90 Å². The SMILES string of the molecule is CCCCCCCCCCCOc1ccc(-c2ccc(OC(=O)c3ccc4c(c3)C(=O)N(C[C@@H](C)CC)C4=S)cc2)cc1. The third-order valence-electron chi connectivity index (χ3n) is 8.17. The van der Waals surface area contributed by atoms with Crippen LogP contribution in [0.15, 0.2) is 66.7 Å². The lowest BCUT2D eigenvalue weighted by atomic mass is 10.1. The first-order chi connectivity index (χ1) is 20.9. The Morgan fingerprint density at radius 3 is 1.95 bits per heavy atom. The van der Waals surface area contributed by atoms with Gasteiger partial charge >= 0.3 is 5.97 Å². The van der Waals surface area contributed by atoms with Gasteiger partial charge in [0, 0.05) is 12.1 Å². The molecular weight excluding hydrogens is 554 g/mol. The molecule has 1 heterocycles. The summed E-state index contributed by atoms with van der Waals surface area (Å²) >= 11 is 5.54. The average molecular weight is 600 g/mol. The zero-order valence-corrected chi connectivity index (χ0v) is 26.7. The van der Waals surface area contributed by atoms with E-state index >= 15 is 0 Å². The number of rotatable bonds is 17. The van der Waals surface area contributed by atoms with E-state index in [4.69, 9.17) is 21.7 Å². The number of unbranched alkanes of at least 4 members (excludes halogenated alkanes) is 8. The first-order valence-electron chi connectivity index (χ1n) is 16.0. The van der Waals surface area contributed by atoms with Crippen molar-refractivity contribution in [3.05, 3.63) is 83.4 Å². The molecule has 3 aromatic carbocycles. The minimum Gasteiger partial charge on any atom is -0.494 e. The van der Waals surface area contributed by atoms with Gasteiger partial charge in [0.15, 0.2) is 0 Å². The molecule has 0 bridgehead atoms. The van der Waals surface area contributed by atoms with Gasteiger partial charge in [-0.1, -0.05) is 121 Å². The van der Waals surface area contributed by atoms with E-state index < -0.39 is 5.97 Å². The van der Waals surface area contributed by atoms with Crippen molar-refractivity contribution < 1.29 is 19.1 Å². The fraction of sp³-hybridized carbons (Fsp3) is 0.432. The summed E-state index contributed by atoms with van der Waals surface area (Å²) in [6, 6.07) is 20.5. The molecule has 6 heteroatoms. The molecule has 0 aromatic heterocycles. The smallest absolute Gasteiger partial charge is 0.343 e. The van der Waals surface area contributed by atoms with Crippen molar-refractivity contribution in [2.45, 2.75) is 85.0 Å². The molecule has 4 rings (SSSR count). The molecule has 1 aliphatic heterocycles. The Balaban J connectivity index is 1.24. The summed E-state index contributed by atoms with van der Waals surface area (Å²) in [4.78, 5) is 28.1. The Bertz CT molecular complexity index is 1370. The molecule has 0 unspecified atom stereocenters. The van der Waals surface area contributed by atoms with Crippen LogP contribution in [0.5, 0.6) is 11.5 Å². The van der Waals surface area contributed by atoms with Gasteiger partial charge in [0.25, 0.3) is 5.91 Å². The molecule has 5 nitrogen and oxygen atoms in total. The maximum atomic E-state index is 13.0.